The molecule has 2 rings (SSSR count). The van der Waals surface area contributed by atoms with E-state index in [1.807, 2.05) is 4.72 Å². The van der Waals surface area contributed by atoms with Crippen molar-refractivity contribution in [3.8, 4) is 5.19 Å². The standard InChI is InChI=1S/C21H29N3O7S2/c1-20(2,3)17(25)30-19-23-16(12-32-19)15(22-18(26)31-21(4,5)6)11-13-7-9-14(10-8-13)24-33(27,28)29/h7-10,12,15,24H,11H2,1-6H3,(H,22,26)(H,27,28,29)/t15-/m0/s1. The van der Waals surface area contributed by atoms with Crippen LogP contribution in [-0.4, -0.2) is 35.6 Å². The van der Waals surface area contributed by atoms with E-state index in [0.29, 0.717) is 12.1 Å². The first-order chi connectivity index (χ1) is 15.0. The Morgan fingerprint density at radius 2 is 1.73 bits per heavy atom. The number of carbonyl (C=O) groups is 2. The molecule has 0 aliphatic rings. The van der Waals surface area contributed by atoms with Crippen molar-refractivity contribution in [2.24, 2.45) is 5.41 Å². The molecule has 3 N–H and O–H groups in total. The average Bonchev–Trinajstić information content (AvgIpc) is 3.07. The van der Waals surface area contributed by atoms with Crippen molar-refractivity contribution in [1.82, 2.24) is 10.3 Å². The number of nitrogens with zero attached hydrogens (tertiary/aromatic N) is 1. The lowest BCUT2D eigenvalue weighted by Gasteiger charge is -2.23. The minimum Gasteiger partial charge on any atom is -0.444 e. The molecule has 0 aliphatic heterocycles. The van der Waals surface area contributed by atoms with Gasteiger partial charge in [0.25, 0.3) is 5.19 Å². The largest absolute Gasteiger partial charge is 0.444 e. The van der Waals surface area contributed by atoms with Gasteiger partial charge in [-0.2, -0.15) is 8.42 Å². The third-order valence-electron chi connectivity index (χ3n) is 3.98. The summed E-state index contributed by atoms with van der Waals surface area (Å²) in [7, 11) is -4.38. The van der Waals surface area contributed by atoms with Crippen LogP contribution in [0.2, 0.25) is 0 Å². The van der Waals surface area contributed by atoms with Gasteiger partial charge in [0, 0.05) is 5.38 Å². The SMILES string of the molecule is CC(C)(C)OC(=O)N[C@@H](Cc1ccc(NS(=O)(=O)O)cc1)c1csc(OC(=O)C(C)(C)C)n1. The van der Waals surface area contributed by atoms with Gasteiger partial charge >= 0.3 is 22.4 Å². The predicted octanol–water partition coefficient (Wildman–Crippen LogP) is 4.12. The number of hydrogen-bond acceptors (Lipinski definition) is 8. The fraction of sp³-hybridized carbons (Fsp3) is 0.476. The highest BCUT2D eigenvalue weighted by Gasteiger charge is 2.27. The minimum absolute atomic E-state index is 0.161. The lowest BCUT2D eigenvalue weighted by molar-refractivity contribution is -0.143. The Labute approximate surface area is 197 Å². The summed E-state index contributed by atoms with van der Waals surface area (Å²) < 4.78 is 43.5. The second kappa shape index (κ2) is 10.1. The molecule has 0 radical (unpaired) electrons. The first-order valence-electron chi connectivity index (χ1n) is 10.0. The van der Waals surface area contributed by atoms with Gasteiger partial charge in [0.1, 0.15) is 5.60 Å². The number of thiazole rings is 1. The molecule has 1 aromatic carbocycles. The van der Waals surface area contributed by atoms with Crippen LogP contribution in [0.4, 0.5) is 10.5 Å². The molecule has 1 atom stereocenters. The van der Waals surface area contributed by atoms with Crippen LogP contribution in [0.25, 0.3) is 0 Å². The Kier molecular flexibility index (Phi) is 8.09. The zero-order chi connectivity index (χ0) is 25.0. The molecule has 0 saturated heterocycles. The summed E-state index contributed by atoms with van der Waals surface area (Å²) in [5.41, 5.74) is 0.00854. The van der Waals surface area contributed by atoms with Crippen molar-refractivity contribution in [2.45, 2.75) is 59.6 Å². The van der Waals surface area contributed by atoms with Gasteiger partial charge in [-0.05, 0) is 65.7 Å². The fourth-order valence-corrected chi connectivity index (χ4v) is 3.64. The minimum atomic E-state index is -4.38. The number of hydrogen-bond donors (Lipinski definition) is 3. The molecule has 0 saturated carbocycles. The molecule has 0 bridgehead atoms. The number of anilines is 1. The van der Waals surface area contributed by atoms with Crippen molar-refractivity contribution in [3.63, 3.8) is 0 Å². The van der Waals surface area contributed by atoms with Crippen LogP contribution in [0.3, 0.4) is 0 Å². The maximum atomic E-state index is 12.4. The van der Waals surface area contributed by atoms with Gasteiger partial charge in [0.05, 0.1) is 22.8 Å². The van der Waals surface area contributed by atoms with Gasteiger partial charge in [-0.1, -0.05) is 23.5 Å². The molecule has 0 aliphatic carbocycles. The summed E-state index contributed by atoms with van der Waals surface area (Å²) >= 11 is 1.13. The van der Waals surface area contributed by atoms with Crippen molar-refractivity contribution < 1.29 is 32.0 Å². The van der Waals surface area contributed by atoms with Crippen LogP contribution in [0.1, 0.15) is 58.8 Å². The topological polar surface area (TPSA) is 144 Å². The van der Waals surface area contributed by atoms with Crippen LogP contribution in [0.5, 0.6) is 5.19 Å². The molecule has 0 spiro atoms. The van der Waals surface area contributed by atoms with E-state index in [0.717, 1.165) is 16.9 Å². The molecule has 1 heterocycles. The molecular formula is C21H29N3O7S2. The van der Waals surface area contributed by atoms with Crippen LogP contribution in [0.15, 0.2) is 29.6 Å². The van der Waals surface area contributed by atoms with E-state index >= 15 is 0 Å². The van der Waals surface area contributed by atoms with E-state index in [1.54, 1.807) is 59.1 Å². The number of alkyl carbamates (subject to hydrolysis) is 1. The van der Waals surface area contributed by atoms with Crippen LogP contribution in [0, 0.1) is 5.41 Å². The Bertz CT molecular complexity index is 1080. The zero-order valence-corrected chi connectivity index (χ0v) is 21.0. The van der Waals surface area contributed by atoms with Gasteiger partial charge in [0.2, 0.25) is 0 Å². The van der Waals surface area contributed by atoms with Crippen LogP contribution in [-0.2, 0) is 26.3 Å². The maximum Gasteiger partial charge on any atom is 0.408 e. The molecule has 1 amide bonds. The Hall–Kier alpha value is -2.70. The summed E-state index contributed by atoms with van der Waals surface area (Å²) in [6.45, 7) is 10.4. The molecule has 2 aromatic rings. The highest BCUT2D eigenvalue weighted by Crippen LogP contribution is 2.28. The van der Waals surface area contributed by atoms with Gasteiger partial charge in [-0.3, -0.25) is 14.1 Å². The highest BCUT2D eigenvalue weighted by atomic mass is 32.2. The number of ether oxygens (including phenoxy) is 2. The van der Waals surface area contributed by atoms with E-state index in [4.69, 9.17) is 14.0 Å². The maximum absolute atomic E-state index is 12.4. The first-order valence-corrected chi connectivity index (χ1v) is 12.4. The second-order valence-electron chi connectivity index (χ2n) is 9.35. The third-order valence-corrected chi connectivity index (χ3v) is 5.21. The van der Waals surface area contributed by atoms with Gasteiger partial charge in [-0.15, -0.1) is 0 Å². The van der Waals surface area contributed by atoms with E-state index in [-0.39, 0.29) is 10.9 Å². The number of benzene rings is 1. The fourth-order valence-electron chi connectivity index (χ4n) is 2.48. The quantitative estimate of drug-likeness (QED) is 0.381. The number of aromatic nitrogens is 1. The third kappa shape index (κ3) is 9.36. The van der Waals surface area contributed by atoms with Crippen molar-refractivity contribution in [2.75, 3.05) is 4.72 Å². The summed E-state index contributed by atoms with van der Waals surface area (Å²) in [5.74, 6) is -0.429. The number of amides is 1. The molecule has 12 heteroatoms. The number of esters is 1. The highest BCUT2D eigenvalue weighted by molar-refractivity contribution is 7.87. The lowest BCUT2D eigenvalue weighted by Crippen LogP contribution is -2.36. The normalized spacial score (nSPS) is 13.2. The molecule has 10 nitrogen and oxygen atoms in total. The summed E-state index contributed by atoms with van der Waals surface area (Å²) in [6.07, 6.45) is -0.347. The number of rotatable bonds is 7. The smallest absolute Gasteiger partial charge is 0.408 e. The molecule has 182 valence electrons. The monoisotopic (exact) mass is 499 g/mol. The number of nitrogens with one attached hydrogen (secondary N) is 2. The molecule has 1 aromatic heterocycles. The molecular weight excluding hydrogens is 470 g/mol. The zero-order valence-electron chi connectivity index (χ0n) is 19.3. The first kappa shape index (κ1) is 26.6. The Balaban J connectivity index is 2.24. The van der Waals surface area contributed by atoms with Crippen molar-refractivity contribution in [3.05, 3.63) is 40.9 Å². The number of carbonyl (C=O) groups excluding carboxylic acids is 2. The van der Waals surface area contributed by atoms with Crippen LogP contribution >= 0.6 is 11.3 Å². The van der Waals surface area contributed by atoms with E-state index in [1.165, 1.54) is 12.1 Å². The van der Waals surface area contributed by atoms with E-state index in [9.17, 15) is 18.0 Å². The van der Waals surface area contributed by atoms with Gasteiger partial charge in [0.15, 0.2) is 0 Å². The summed E-state index contributed by atoms with van der Waals surface area (Å²) in [5, 5.41) is 4.62. The van der Waals surface area contributed by atoms with Gasteiger partial charge in [-0.25, -0.2) is 9.78 Å². The lowest BCUT2D eigenvalue weighted by atomic mass is 9.98. The van der Waals surface area contributed by atoms with Crippen LogP contribution < -0.4 is 14.8 Å². The van der Waals surface area contributed by atoms with E-state index < -0.39 is 39.4 Å². The summed E-state index contributed by atoms with van der Waals surface area (Å²) in [6, 6.07) is 5.63. The van der Waals surface area contributed by atoms with Crippen molar-refractivity contribution in [1.29, 1.82) is 0 Å². The van der Waals surface area contributed by atoms with Gasteiger partial charge < -0.3 is 14.8 Å². The Morgan fingerprint density at radius 1 is 1.12 bits per heavy atom. The Morgan fingerprint density at radius 3 is 2.24 bits per heavy atom. The average molecular weight is 500 g/mol. The summed E-state index contributed by atoms with van der Waals surface area (Å²) in [4.78, 5) is 28.9. The molecule has 0 unspecified atom stereocenters. The van der Waals surface area contributed by atoms with Crippen molar-refractivity contribution >= 4 is 39.4 Å². The van der Waals surface area contributed by atoms with E-state index in [2.05, 4.69) is 10.3 Å². The predicted molar refractivity (Wildman–Crippen MR) is 125 cm³/mol. The molecule has 0 fully saturated rings. The molecule has 33 heavy (non-hydrogen) atoms. The second-order valence-corrected chi connectivity index (χ2v) is 11.3.